The monoisotopic (exact) mass is 262 g/mol. The zero-order valence-electron chi connectivity index (χ0n) is 10.1. The predicted molar refractivity (Wildman–Crippen MR) is 65.0 cm³/mol. The largest absolute Gasteiger partial charge is 0.381 e. The van der Waals surface area contributed by atoms with Crippen molar-refractivity contribution in [2.75, 3.05) is 25.6 Å². The van der Waals surface area contributed by atoms with Gasteiger partial charge in [-0.3, -0.25) is 10.1 Å². The lowest BCUT2D eigenvalue weighted by Crippen LogP contribution is -2.45. The molecule has 1 saturated heterocycles. The third kappa shape index (κ3) is 5.37. The van der Waals surface area contributed by atoms with Crippen LogP contribution < -0.4 is 10.6 Å². The summed E-state index contributed by atoms with van der Waals surface area (Å²) in [6.45, 7) is 4.11. The topological polar surface area (TPSA) is 67.4 Å². The van der Waals surface area contributed by atoms with E-state index in [1.54, 1.807) is 0 Å². The number of urea groups is 1. The lowest BCUT2D eigenvalue weighted by molar-refractivity contribution is -0.119. The average Bonchev–Trinajstić information content (AvgIpc) is 2.28. The minimum Gasteiger partial charge on any atom is -0.381 e. The van der Waals surface area contributed by atoms with Crippen LogP contribution in [0, 0.1) is 5.41 Å². The van der Waals surface area contributed by atoms with Gasteiger partial charge in [0.1, 0.15) is 0 Å². The first-order valence-electron chi connectivity index (χ1n) is 5.77. The van der Waals surface area contributed by atoms with Crippen LogP contribution >= 0.6 is 11.6 Å². The van der Waals surface area contributed by atoms with E-state index in [4.69, 9.17) is 16.3 Å². The summed E-state index contributed by atoms with van der Waals surface area (Å²) in [7, 11) is 0. The number of hydrogen-bond acceptors (Lipinski definition) is 3. The summed E-state index contributed by atoms with van der Waals surface area (Å²) in [6.07, 6.45) is 1.99. The summed E-state index contributed by atoms with van der Waals surface area (Å²) in [6, 6.07) is -0.451. The molecular weight excluding hydrogens is 244 g/mol. The Hall–Kier alpha value is -0.810. The zero-order chi connectivity index (χ0) is 12.7. The Morgan fingerprint density at radius 2 is 2.00 bits per heavy atom. The smallest absolute Gasteiger partial charge is 0.321 e. The van der Waals surface area contributed by atoms with Crippen molar-refractivity contribution < 1.29 is 14.3 Å². The molecule has 1 rings (SSSR count). The molecule has 0 aromatic heterocycles. The minimum atomic E-state index is -0.451. The van der Waals surface area contributed by atoms with Crippen molar-refractivity contribution >= 4 is 23.5 Å². The molecule has 0 bridgehead atoms. The number of nitrogens with one attached hydrogen (secondary N) is 2. The third-order valence-corrected chi connectivity index (χ3v) is 3.14. The second-order valence-corrected chi connectivity index (χ2v) is 4.97. The first-order valence-corrected chi connectivity index (χ1v) is 6.31. The highest BCUT2D eigenvalue weighted by molar-refractivity contribution is 6.19. The van der Waals surface area contributed by atoms with Gasteiger partial charge in [-0.25, -0.2) is 4.79 Å². The molecule has 0 spiro atoms. The SMILES string of the molecule is CC1(CNC(=O)NC(=O)CCCl)CCOCC1. The summed E-state index contributed by atoms with van der Waals surface area (Å²) in [5.74, 6) is -0.136. The highest BCUT2D eigenvalue weighted by atomic mass is 35.5. The number of hydrogen-bond donors (Lipinski definition) is 2. The van der Waals surface area contributed by atoms with Gasteiger partial charge in [0, 0.05) is 32.1 Å². The molecule has 1 heterocycles. The maximum Gasteiger partial charge on any atom is 0.321 e. The first-order chi connectivity index (χ1) is 8.06. The van der Waals surface area contributed by atoms with Gasteiger partial charge in [0.05, 0.1) is 0 Å². The summed E-state index contributed by atoms with van der Waals surface area (Å²) >= 11 is 5.39. The van der Waals surface area contributed by atoms with Crippen LogP contribution in [0.1, 0.15) is 26.2 Å². The quantitative estimate of drug-likeness (QED) is 0.750. The van der Waals surface area contributed by atoms with Gasteiger partial charge in [-0.15, -0.1) is 11.6 Å². The van der Waals surface area contributed by atoms with Crippen LogP contribution in [0.2, 0.25) is 0 Å². The fourth-order valence-corrected chi connectivity index (χ4v) is 1.83. The molecule has 1 aliphatic heterocycles. The van der Waals surface area contributed by atoms with Gasteiger partial charge in [-0.2, -0.15) is 0 Å². The molecule has 0 aliphatic carbocycles. The molecule has 0 atom stereocenters. The van der Waals surface area contributed by atoms with Crippen molar-refractivity contribution in [2.24, 2.45) is 5.41 Å². The van der Waals surface area contributed by atoms with E-state index in [9.17, 15) is 9.59 Å². The second kappa shape index (κ2) is 6.81. The van der Waals surface area contributed by atoms with E-state index in [2.05, 4.69) is 17.6 Å². The minimum absolute atomic E-state index is 0.0606. The molecule has 0 radical (unpaired) electrons. The van der Waals surface area contributed by atoms with Crippen LogP contribution in [0.4, 0.5) is 4.79 Å². The van der Waals surface area contributed by atoms with Gasteiger partial charge >= 0.3 is 6.03 Å². The van der Waals surface area contributed by atoms with Crippen molar-refractivity contribution in [3.63, 3.8) is 0 Å². The summed E-state index contributed by atoms with van der Waals surface area (Å²) in [4.78, 5) is 22.5. The van der Waals surface area contributed by atoms with Gasteiger partial charge < -0.3 is 10.1 Å². The molecule has 3 amide bonds. The summed E-state index contributed by atoms with van der Waals surface area (Å²) < 4.78 is 5.27. The normalized spacial score (nSPS) is 18.5. The van der Waals surface area contributed by atoms with E-state index >= 15 is 0 Å². The van der Waals surface area contributed by atoms with Gasteiger partial charge in [0.2, 0.25) is 5.91 Å². The molecule has 2 N–H and O–H groups in total. The number of rotatable bonds is 4. The molecule has 1 fully saturated rings. The van der Waals surface area contributed by atoms with E-state index in [1.807, 2.05) is 0 Å². The maximum absolute atomic E-state index is 11.4. The van der Waals surface area contributed by atoms with Crippen molar-refractivity contribution in [2.45, 2.75) is 26.2 Å². The number of ether oxygens (including phenoxy) is 1. The Morgan fingerprint density at radius 3 is 2.59 bits per heavy atom. The molecule has 0 saturated carbocycles. The number of halogens is 1. The summed E-state index contributed by atoms with van der Waals surface area (Å²) in [5.41, 5.74) is 0.0606. The van der Waals surface area contributed by atoms with Crippen molar-refractivity contribution in [1.29, 1.82) is 0 Å². The molecule has 5 nitrogen and oxygen atoms in total. The molecule has 0 unspecified atom stereocenters. The average molecular weight is 263 g/mol. The Labute approximate surface area is 106 Å². The van der Waals surface area contributed by atoms with Crippen LogP contribution in [-0.2, 0) is 9.53 Å². The molecular formula is C11H19ClN2O3. The lowest BCUT2D eigenvalue weighted by Gasteiger charge is -2.33. The number of alkyl halides is 1. The highest BCUT2D eigenvalue weighted by Gasteiger charge is 2.27. The van der Waals surface area contributed by atoms with E-state index in [-0.39, 0.29) is 23.6 Å². The van der Waals surface area contributed by atoms with Crippen LogP contribution in [0.25, 0.3) is 0 Å². The highest BCUT2D eigenvalue weighted by Crippen LogP contribution is 2.28. The standard InChI is InChI=1S/C11H19ClN2O3/c1-11(3-6-17-7-4-11)8-13-10(16)14-9(15)2-5-12/h2-8H2,1H3,(H2,13,14,15,16). The Balaban J connectivity index is 2.25. The first kappa shape index (κ1) is 14.3. The van der Waals surface area contributed by atoms with Gasteiger partial charge in [-0.1, -0.05) is 6.92 Å². The van der Waals surface area contributed by atoms with E-state index in [1.165, 1.54) is 0 Å². The maximum atomic E-state index is 11.4. The van der Waals surface area contributed by atoms with E-state index < -0.39 is 6.03 Å². The molecule has 98 valence electrons. The summed E-state index contributed by atoms with van der Waals surface area (Å²) in [5, 5.41) is 4.95. The molecule has 0 aromatic rings. The van der Waals surface area contributed by atoms with Crippen LogP contribution in [-0.4, -0.2) is 37.6 Å². The van der Waals surface area contributed by atoms with Crippen LogP contribution in [0.15, 0.2) is 0 Å². The van der Waals surface area contributed by atoms with E-state index in [0.717, 1.165) is 26.1 Å². The molecule has 6 heteroatoms. The number of carbonyl (C=O) groups excluding carboxylic acids is 2. The number of imide groups is 1. The predicted octanol–water partition coefficient (Wildman–Crippen LogP) is 1.26. The van der Waals surface area contributed by atoms with Crippen LogP contribution in [0.3, 0.4) is 0 Å². The zero-order valence-corrected chi connectivity index (χ0v) is 10.8. The Morgan fingerprint density at radius 1 is 1.35 bits per heavy atom. The lowest BCUT2D eigenvalue weighted by atomic mass is 9.82. The van der Waals surface area contributed by atoms with Gasteiger partial charge in [0.25, 0.3) is 0 Å². The molecule has 0 aromatic carbocycles. The number of carbonyl (C=O) groups is 2. The van der Waals surface area contributed by atoms with Crippen LogP contribution in [0.5, 0.6) is 0 Å². The van der Waals surface area contributed by atoms with Crippen molar-refractivity contribution in [1.82, 2.24) is 10.6 Å². The van der Waals surface area contributed by atoms with Crippen molar-refractivity contribution in [3.8, 4) is 0 Å². The molecule has 1 aliphatic rings. The Bertz CT molecular complexity index is 278. The fraction of sp³-hybridized carbons (Fsp3) is 0.818. The van der Waals surface area contributed by atoms with Crippen molar-refractivity contribution in [3.05, 3.63) is 0 Å². The number of amides is 3. The fourth-order valence-electron chi connectivity index (χ4n) is 1.65. The van der Waals surface area contributed by atoms with E-state index in [0.29, 0.717) is 6.54 Å². The molecule has 17 heavy (non-hydrogen) atoms. The third-order valence-electron chi connectivity index (χ3n) is 2.95. The van der Waals surface area contributed by atoms with Gasteiger partial charge in [0.15, 0.2) is 0 Å². The Kier molecular flexibility index (Phi) is 5.71. The second-order valence-electron chi connectivity index (χ2n) is 4.59. The van der Waals surface area contributed by atoms with Gasteiger partial charge in [-0.05, 0) is 18.3 Å².